The Balaban J connectivity index is 1.49. The summed E-state index contributed by atoms with van der Waals surface area (Å²) in [5.74, 6) is 1.70. The van der Waals surface area contributed by atoms with Crippen molar-refractivity contribution < 1.29 is 9.15 Å². The average molecular weight is 409 g/mol. The topological polar surface area (TPSA) is 95.7 Å². The largest absolute Gasteiger partial charge is 0.493 e. The fourth-order valence-electron chi connectivity index (χ4n) is 2.22. The number of hydrogen-bond acceptors (Lipinski definition) is 7. The first-order valence-corrected chi connectivity index (χ1v) is 9.52. The van der Waals surface area contributed by atoms with Gasteiger partial charge < -0.3 is 9.15 Å². The molecule has 8 heteroatoms. The standard InChI is InChI=1S/C20H13ClN4O2S/c21-18-4-2-1-3-17(18)19-24-25-20(27-19)28-10-9-26-16-7-5-14(6-8-16)11-15(12-22)13-23/h1-8,11H,9-10H2. The summed E-state index contributed by atoms with van der Waals surface area (Å²) < 4.78 is 11.3. The summed E-state index contributed by atoms with van der Waals surface area (Å²) in [5, 5.41) is 26.6. The quantitative estimate of drug-likeness (QED) is 0.308. The van der Waals surface area contributed by atoms with E-state index in [1.165, 1.54) is 17.8 Å². The molecule has 0 fully saturated rings. The molecular formula is C20H13ClN4O2S. The number of rotatable bonds is 7. The average Bonchev–Trinajstić information content (AvgIpc) is 3.19. The van der Waals surface area contributed by atoms with Crippen LogP contribution in [0.1, 0.15) is 5.56 Å². The molecule has 0 bridgehead atoms. The van der Waals surface area contributed by atoms with Crippen LogP contribution < -0.4 is 4.74 Å². The number of thioether (sulfide) groups is 1. The molecule has 0 spiro atoms. The van der Waals surface area contributed by atoms with Crippen LogP contribution in [0.4, 0.5) is 0 Å². The van der Waals surface area contributed by atoms with Crippen molar-refractivity contribution in [1.82, 2.24) is 10.2 Å². The minimum Gasteiger partial charge on any atom is -0.493 e. The SMILES string of the molecule is N#CC(C#N)=Cc1ccc(OCCSc2nnc(-c3ccccc3Cl)o2)cc1. The van der Waals surface area contributed by atoms with Gasteiger partial charge in [-0.1, -0.05) is 47.6 Å². The van der Waals surface area contributed by atoms with Crippen molar-refractivity contribution in [2.45, 2.75) is 5.22 Å². The first-order valence-electron chi connectivity index (χ1n) is 8.15. The highest BCUT2D eigenvalue weighted by molar-refractivity contribution is 7.99. The second-order valence-corrected chi connectivity index (χ2v) is 6.85. The summed E-state index contributed by atoms with van der Waals surface area (Å²) in [5.41, 5.74) is 1.52. The van der Waals surface area contributed by atoms with Crippen LogP contribution in [0.5, 0.6) is 5.75 Å². The van der Waals surface area contributed by atoms with Gasteiger partial charge in [-0.2, -0.15) is 10.5 Å². The number of ether oxygens (including phenoxy) is 1. The van der Waals surface area contributed by atoms with Gasteiger partial charge in [-0.25, -0.2) is 0 Å². The lowest BCUT2D eigenvalue weighted by molar-refractivity contribution is 0.343. The number of nitriles is 2. The van der Waals surface area contributed by atoms with Crippen molar-refractivity contribution in [3.63, 3.8) is 0 Å². The third-order valence-electron chi connectivity index (χ3n) is 3.52. The molecular weight excluding hydrogens is 396 g/mol. The van der Waals surface area contributed by atoms with Gasteiger partial charge >= 0.3 is 0 Å². The summed E-state index contributed by atoms with van der Waals surface area (Å²) in [6.07, 6.45) is 1.52. The lowest BCUT2D eigenvalue weighted by Crippen LogP contribution is -1.99. The molecule has 0 unspecified atom stereocenters. The minimum atomic E-state index is 0.0563. The van der Waals surface area contributed by atoms with Crippen LogP contribution >= 0.6 is 23.4 Å². The smallest absolute Gasteiger partial charge is 0.276 e. The Morgan fingerprint density at radius 2 is 1.86 bits per heavy atom. The molecule has 0 amide bonds. The fourth-order valence-corrected chi connectivity index (χ4v) is 3.01. The molecule has 0 saturated carbocycles. The van der Waals surface area contributed by atoms with E-state index in [2.05, 4.69) is 10.2 Å². The number of hydrogen-bond donors (Lipinski definition) is 0. The van der Waals surface area contributed by atoms with E-state index < -0.39 is 0 Å². The van der Waals surface area contributed by atoms with E-state index >= 15 is 0 Å². The van der Waals surface area contributed by atoms with Gasteiger partial charge in [-0.15, -0.1) is 10.2 Å². The molecule has 0 radical (unpaired) electrons. The fraction of sp³-hybridized carbons (Fsp3) is 0.100. The lowest BCUT2D eigenvalue weighted by atomic mass is 10.1. The molecule has 0 N–H and O–H groups in total. The molecule has 3 aromatic rings. The highest BCUT2D eigenvalue weighted by atomic mass is 35.5. The molecule has 6 nitrogen and oxygen atoms in total. The number of aromatic nitrogens is 2. The van der Waals surface area contributed by atoms with Gasteiger partial charge in [0.1, 0.15) is 23.5 Å². The number of nitrogens with zero attached hydrogens (tertiary/aromatic N) is 4. The van der Waals surface area contributed by atoms with Gasteiger partial charge in [0, 0.05) is 5.75 Å². The van der Waals surface area contributed by atoms with Crippen LogP contribution in [-0.2, 0) is 0 Å². The Morgan fingerprint density at radius 1 is 1.11 bits per heavy atom. The van der Waals surface area contributed by atoms with Crippen LogP contribution in [0.25, 0.3) is 17.5 Å². The summed E-state index contributed by atoms with van der Waals surface area (Å²) in [7, 11) is 0. The van der Waals surface area contributed by atoms with Gasteiger partial charge in [-0.05, 0) is 35.9 Å². The maximum absolute atomic E-state index is 8.77. The number of allylic oxidation sites excluding steroid dienone is 1. The third kappa shape index (κ3) is 5.14. The molecule has 1 aromatic heterocycles. The summed E-state index contributed by atoms with van der Waals surface area (Å²) in [6.45, 7) is 0.450. The Hall–Kier alpha value is -3.26. The zero-order valence-electron chi connectivity index (χ0n) is 14.5. The highest BCUT2D eigenvalue weighted by Crippen LogP contribution is 2.28. The highest BCUT2D eigenvalue weighted by Gasteiger charge is 2.11. The van der Waals surface area contributed by atoms with Crippen molar-refractivity contribution in [2.75, 3.05) is 12.4 Å². The van der Waals surface area contributed by atoms with Crippen LogP contribution in [0.2, 0.25) is 5.02 Å². The molecule has 0 aliphatic carbocycles. The van der Waals surface area contributed by atoms with Gasteiger partial charge in [0.2, 0.25) is 5.89 Å². The number of halogens is 1. The molecule has 0 aliphatic heterocycles. The zero-order chi connectivity index (χ0) is 19.8. The van der Waals surface area contributed by atoms with Crippen molar-refractivity contribution in [1.29, 1.82) is 10.5 Å². The predicted octanol–water partition coefficient (Wildman–Crippen LogP) is 4.99. The van der Waals surface area contributed by atoms with E-state index in [1.807, 2.05) is 30.3 Å². The monoisotopic (exact) mass is 408 g/mol. The van der Waals surface area contributed by atoms with Gasteiger partial charge in [0.05, 0.1) is 17.2 Å². The molecule has 28 heavy (non-hydrogen) atoms. The Morgan fingerprint density at radius 3 is 2.57 bits per heavy atom. The summed E-state index contributed by atoms with van der Waals surface area (Å²) in [4.78, 5) is 0. The second kappa shape index (κ2) is 9.61. The minimum absolute atomic E-state index is 0.0563. The maximum atomic E-state index is 8.77. The normalized spacial score (nSPS) is 9.96. The van der Waals surface area contributed by atoms with Crippen molar-refractivity contribution in [3.05, 3.63) is 64.7 Å². The van der Waals surface area contributed by atoms with E-state index in [9.17, 15) is 0 Å². The van der Waals surface area contributed by atoms with Crippen LogP contribution in [0, 0.1) is 22.7 Å². The Labute approximate surface area is 171 Å². The first kappa shape index (κ1) is 19.5. The molecule has 3 rings (SSSR count). The summed E-state index contributed by atoms with van der Waals surface area (Å²) >= 11 is 7.52. The van der Waals surface area contributed by atoms with E-state index in [1.54, 1.807) is 30.3 Å². The molecule has 0 atom stereocenters. The van der Waals surface area contributed by atoms with Crippen LogP contribution in [0.3, 0.4) is 0 Å². The van der Waals surface area contributed by atoms with Crippen molar-refractivity contribution in [2.24, 2.45) is 0 Å². The lowest BCUT2D eigenvalue weighted by Gasteiger charge is -2.05. The molecule has 138 valence electrons. The van der Waals surface area contributed by atoms with Gasteiger partial charge in [0.25, 0.3) is 5.22 Å². The van der Waals surface area contributed by atoms with E-state index in [-0.39, 0.29) is 5.57 Å². The molecule has 0 saturated heterocycles. The van der Waals surface area contributed by atoms with Gasteiger partial charge in [-0.3, -0.25) is 0 Å². The second-order valence-electron chi connectivity index (χ2n) is 5.40. The third-order valence-corrected chi connectivity index (χ3v) is 4.63. The van der Waals surface area contributed by atoms with E-state index in [0.29, 0.717) is 39.8 Å². The van der Waals surface area contributed by atoms with Crippen molar-refractivity contribution >= 4 is 29.4 Å². The van der Waals surface area contributed by atoms with E-state index in [4.69, 9.17) is 31.3 Å². The maximum Gasteiger partial charge on any atom is 0.276 e. The van der Waals surface area contributed by atoms with E-state index in [0.717, 1.165) is 5.56 Å². The zero-order valence-corrected chi connectivity index (χ0v) is 16.1. The molecule has 0 aliphatic rings. The first-order chi connectivity index (χ1) is 13.7. The van der Waals surface area contributed by atoms with Crippen LogP contribution in [-0.4, -0.2) is 22.6 Å². The van der Waals surface area contributed by atoms with Gasteiger partial charge in [0.15, 0.2) is 0 Å². The Bertz CT molecular complexity index is 1050. The molecule has 2 aromatic carbocycles. The predicted molar refractivity (Wildman–Crippen MR) is 107 cm³/mol. The molecule has 1 heterocycles. The van der Waals surface area contributed by atoms with Crippen LogP contribution in [0.15, 0.2) is 63.7 Å². The summed E-state index contributed by atoms with van der Waals surface area (Å²) in [6, 6.07) is 18.1. The van der Waals surface area contributed by atoms with Crippen molar-refractivity contribution in [3.8, 4) is 29.3 Å². The Kier molecular flexibility index (Phi) is 6.69. The number of benzene rings is 2.